The van der Waals surface area contributed by atoms with Crippen LogP contribution in [0.25, 0.3) is 0 Å². The van der Waals surface area contributed by atoms with Gasteiger partial charge in [-0.15, -0.1) is 0 Å². The average Bonchev–Trinajstić information content (AvgIpc) is 2.87. The summed E-state index contributed by atoms with van der Waals surface area (Å²) in [7, 11) is 0. The maximum Gasteiger partial charge on any atom is 0.101 e. The number of rotatable bonds is 6. The molecular weight excluding hydrogens is 164 g/mol. The summed E-state index contributed by atoms with van der Waals surface area (Å²) >= 11 is 0. The topological polar surface area (TPSA) is 59.0 Å². The molecule has 1 aliphatic rings. The van der Waals surface area contributed by atoms with Crippen LogP contribution in [0.4, 0.5) is 0 Å². The second kappa shape index (κ2) is 4.59. The van der Waals surface area contributed by atoms with Gasteiger partial charge in [-0.1, -0.05) is 0 Å². The Kier molecular flexibility index (Phi) is 3.71. The molecule has 1 rings (SSSR count). The van der Waals surface area contributed by atoms with Crippen LogP contribution < -0.4 is 5.73 Å². The van der Waals surface area contributed by atoms with Gasteiger partial charge in [0.05, 0.1) is 6.07 Å². The molecule has 1 saturated carbocycles. The van der Waals surface area contributed by atoms with Gasteiger partial charge in [0, 0.05) is 13.2 Å². The van der Waals surface area contributed by atoms with Crippen LogP contribution in [0.2, 0.25) is 0 Å². The van der Waals surface area contributed by atoms with Crippen LogP contribution in [0.15, 0.2) is 0 Å². The molecule has 3 nitrogen and oxygen atoms in total. The molecule has 0 bridgehead atoms. The van der Waals surface area contributed by atoms with Crippen LogP contribution in [0, 0.1) is 17.2 Å². The van der Waals surface area contributed by atoms with E-state index in [0.717, 1.165) is 25.6 Å². The van der Waals surface area contributed by atoms with Gasteiger partial charge in [-0.3, -0.25) is 0 Å². The Hall–Kier alpha value is -0.590. The lowest BCUT2D eigenvalue weighted by molar-refractivity contribution is 0.118. The lowest BCUT2D eigenvalue weighted by atomic mass is 10.00. The lowest BCUT2D eigenvalue weighted by Gasteiger charge is -2.14. The first-order chi connectivity index (χ1) is 6.14. The number of hydrogen-bond acceptors (Lipinski definition) is 3. The molecule has 1 unspecified atom stereocenters. The predicted octanol–water partition coefficient (Wildman–Crippen LogP) is 1.43. The molecular formula is C10H18N2O. The Bertz CT molecular complexity index is 192. The molecule has 0 radical (unpaired) electrons. The van der Waals surface area contributed by atoms with Gasteiger partial charge >= 0.3 is 0 Å². The maximum atomic E-state index is 8.63. The first-order valence-corrected chi connectivity index (χ1v) is 4.92. The number of nitriles is 1. The highest BCUT2D eigenvalue weighted by Crippen LogP contribution is 2.28. The third kappa shape index (κ3) is 4.87. The van der Waals surface area contributed by atoms with E-state index < -0.39 is 5.54 Å². The van der Waals surface area contributed by atoms with Crippen molar-refractivity contribution in [3.8, 4) is 6.07 Å². The molecule has 2 N–H and O–H groups in total. The summed E-state index contributed by atoms with van der Waals surface area (Å²) in [6.07, 6.45) is 4.25. The fourth-order valence-electron chi connectivity index (χ4n) is 1.13. The van der Waals surface area contributed by atoms with Gasteiger partial charge in [-0.05, 0) is 38.5 Å². The van der Waals surface area contributed by atoms with Crippen molar-refractivity contribution >= 4 is 0 Å². The van der Waals surface area contributed by atoms with Gasteiger partial charge in [0.25, 0.3) is 0 Å². The molecule has 1 fully saturated rings. The van der Waals surface area contributed by atoms with E-state index >= 15 is 0 Å². The van der Waals surface area contributed by atoms with Crippen molar-refractivity contribution in [1.82, 2.24) is 0 Å². The van der Waals surface area contributed by atoms with Gasteiger partial charge in [-0.2, -0.15) is 5.26 Å². The third-order valence-electron chi connectivity index (χ3n) is 2.29. The zero-order valence-electron chi connectivity index (χ0n) is 8.25. The number of nitrogens with zero attached hydrogens (tertiary/aromatic N) is 1. The van der Waals surface area contributed by atoms with Crippen LogP contribution >= 0.6 is 0 Å². The van der Waals surface area contributed by atoms with E-state index in [1.165, 1.54) is 12.8 Å². The van der Waals surface area contributed by atoms with Crippen molar-refractivity contribution < 1.29 is 4.74 Å². The van der Waals surface area contributed by atoms with Crippen LogP contribution in [-0.2, 0) is 4.74 Å². The van der Waals surface area contributed by atoms with Gasteiger partial charge in [0.1, 0.15) is 5.54 Å². The fraction of sp³-hybridized carbons (Fsp3) is 0.900. The second-order valence-corrected chi connectivity index (χ2v) is 4.15. The van der Waals surface area contributed by atoms with Crippen LogP contribution in [-0.4, -0.2) is 18.8 Å². The van der Waals surface area contributed by atoms with Crippen LogP contribution in [0.5, 0.6) is 0 Å². The minimum absolute atomic E-state index is 0.678. The molecule has 3 heteroatoms. The van der Waals surface area contributed by atoms with E-state index in [1.807, 2.05) is 0 Å². The largest absolute Gasteiger partial charge is 0.381 e. The summed E-state index contributed by atoms with van der Waals surface area (Å²) in [4.78, 5) is 0. The molecule has 0 aliphatic heterocycles. The molecule has 74 valence electrons. The Morgan fingerprint density at radius 1 is 1.62 bits per heavy atom. The van der Waals surface area contributed by atoms with Crippen molar-refractivity contribution in [2.45, 2.75) is 38.1 Å². The number of nitrogens with two attached hydrogens (primary N) is 1. The molecule has 0 aromatic carbocycles. The Morgan fingerprint density at radius 3 is 2.85 bits per heavy atom. The molecule has 1 aliphatic carbocycles. The van der Waals surface area contributed by atoms with E-state index in [4.69, 9.17) is 15.7 Å². The van der Waals surface area contributed by atoms with E-state index in [1.54, 1.807) is 6.92 Å². The number of hydrogen-bond donors (Lipinski definition) is 1. The molecule has 0 saturated heterocycles. The molecule has 0 aromatic rings. The summed E-state index contributed by atoms with van der Waals surface area (Å²) in [6, 6.07) is 2.08. The number of ether oxygens (including phenoxy) is 1. The van der Waals surface area contributed by atoms with Gasteiger partial charge in [0.2, 0.25) is 0 Å². The maximum absolute atomic E-state index is 8.63. The highest BCUT2D eigenvalue weighted by Gasteiger charge is 2.21. The summed E-state index contributed by atoms with van der Waals surface area (Å²) in [6.45, 7) is 3.40. The van der Waals surface area contributed by atoms with Crippen LogP contribution in [0.3, 0.4) is 0 Å². The standard InChI is InChI=1S/C10H18N2O/c1-10(12,8-11)5-2-6-13-7-9-3-4-9/h9H,2-7,12H2,1H3. The van der Waals surface area contributed by atoms with Gasteiger partial charge in [-0.25, -0.2) is 0 Å². The van der Waals surface area contributed by atoms with Crippen molar-refractivity contribution in [2.75, 3.05) is 13.2 Å². The summed E-state index contributed by atoms with van der Waals surface area (Å²) < 4.78 is 5.43. The SMILES string of the molecule is CC(N)(C#N)CCCOCC1CC1. The van der Waals surface area contributed by atoms with E-state index in [-0.39, 0.29) is 0 Å². The molecule has 1 atom stereocenters. The smallest absolute Gasteiger partial charge is 0.101 e. The van der Waals surface area contributed by atoms with Gasteiger partial charge < -0.3 is 10.5 Å². The molecule has 0 aromatic heterocycles. The van der Waals surface area contributed by atoms with Gasteiger partial charge in [0.15, 0.2) is 0 Å². The van der Waals surface area contributed by atoms with Crippen LogP contribution in [0.1, 0.15) is 32.6 Å². The minimum atomic E-state index is -0.678. The second-order valence-electron chi connectivity index (χ2n) is 4.15. The normalized spacial score (nSPS) is 20.7. The summed E-state index contributed by atoms with van der Waals surface area (Å²) in [5.74, 6) is 0.820. The summed E-state index contributed by atoms with van der Waals surface area (Å²) in [5, 5.41) is 8.63. The predicted molar refractivity (Wildman–Crippen MR) is 51.0 cm³/mol. The lowest BCUT2D eigenvalue weighted by Crippen LogP contribution is -2.34. The van der Waals surface area contributed by atoms with Crippen molar-refractivity contribution in [3.05, 3.63) is 0 Å². The quantitative estimate of drug-likeness (QED) is 0.632. The third-order valence-corrected chi connectivity index (χ3v) is 2.29. The van der Waals surface area contributed by atoms with E-state index in [9.17, 15) is 0 Å². The van der Waals surface area contributed by atoms with E-state index in [0.29, 0.717) is 6.42 Å². The Balaban J connectivity index is 1.91. The Labute approximate surface area is 79.9 Å². The fourth-order valence-corrected chi connectivity index (χ4v) is 1.13. The monoisotopic (exact) mass is 182 g/mol. The van der Waals surface area contributed by atoms with Crippen molar-refractivity contribution in [3.63, 3.8) is 0 Å². The summed E-state index contributed by atoms with van der Waals surface area (Å²) in [5.41, 5.74) is 4.98. The Morgan fingerprint density at radius 2 is 2.31 bits per heavy atom. The first kappa shape index (κ1) is 10.5. The zero-order chi connectivity index (χ0) is 9.73. The average molecular weight is 182 g/mol. The van der Waals surface area contributed by atoms with E-state index in [2.05, 4.69) is 6.07 Å². The van der Waals surface area contributed by atoms with Crippen molar-refractivity contribution in [2.24, 2.45) is 11.7 Å². The first-order valence-electron chi connectivity index (χ1n) is 4.92. The highest BCUT2D eigenvalue weighted by atomic mass is 16.5. The molecule has 0 amide bonds. The molecule has 0 heterocycles. The molecule has 0 spiro atoms. The zero-order valence-corrected chi connectivity index (χ0v) is 8.25. The van der Waals surface area contributed by atoms with Crippen molar-refractivity contribution in [1.29, 1.82) is 5.26 Å². The molecule has 13 heavy (non-hydrogen) atoms. The highest BCUT2D eigenvalue weighted by molar-refractivity contribution is 5.00. The minimum Gasteiger partial charge on any atom is -0.381 e.